The number of aryl methyl sites for hydroxylation is 2. The van der Waals surface area contributed by atoms with Gasteiger partial charge < -0.3 is 15.5 Å². The standard InChI is InChI=1S/C20H23F2N3O/c1-13-5-3-6-14(2)19(13)24-20(26)25-10-4-7-16(12-25)23-15-8-9-17(21)18(22)11-15/h3,5-6,8-9,11,16,23H,4,7,10,12H2,1-2H3,(H,24,26)/t16-/m1/s1. The molecule has 1 aliphatic rings. The van der Waals surface area contributed by atoms with Gasteiger partial charge in [-0.3, -0.25) is 0 Å². The van der Waals surface area contributed by atoms with Gasteiger partial charge in [-0.15, -0.1) is 0 Å². The molecule has 0 aromatic heterocycles. The lowest BCUT2D eigenvalue weighted by molar-refractivity contribution is 0.196. The molecule has 0 radical (unpaired) electrons. The minimum atomic E-state index is -0.879. The Morgan fingerprint density at radius 3 is 2.54 bits per heavy atom. The molecule has 2 N–H and O–H groups in total. The van der Waals surface area contributed by atoms with Crippen LogP contribution in [-0.4, -0.2) is 30.1 Å². The van der Waals surface area contributed by atoms with Crippen molar-refractivity contribution in [2.45, 2.75) is 32.7 Å². The lowest BCUT2D eigenvalue weighted by Crippen LogP contribution is -2.47. The Hall–Kier alpha value is -2.63. The summed E-state index contributed by atoms with van der Waals surface area (Å²) in [5.41, 5.74) is 3.40. The van der Waals surface area contributed by atoms with Gasteiger partial charge in [-0.05, 0) is 49.9 Å². The molecule has 0 aliphatic carbocycles. The van der Waals surface area contributed by atoms with Crippen molar-refractivity contribution in [2.75, 3.05) is 23.7 Å². The van der Waals surface area contributed by atoms with Crippen molar-refractivity contribution in [3.8, 4) is 0 Å². The minimum absolute atomic E-state index is 0.00247. The average Bonchev–Trinajstić information content (AvgIpc) is 2.61. The molecule has 0 bridgehead atoms. The van der Waals surface area contributed by atoms with Crippen molar-refractivity contribution in [1.82, 2.24) is 4.90 Å². The highest BCUT2D eigenvalue weighted by atomic mass is 19.2. The molecule has 26 heavy (non-hydrogen) atoms. The Morgan fingerprint density at radius 1 is 1.12 bits per heavy atom. The molecule has 1 aliphatic heterocycles. The van der Waals surface area contributed by atoms with Crippen LogP contribution in [0.4, 0.5) is 25.0 Å². The van der Waals surface area contributed by atoms with E-state index in [2.05, 4.69) is 10.6 Å². The van der Waals surface area contributed by atoms with E-state index in [0.29, 0.717) is 18.8 Å². The van der Waals surface area contributed by atoms with Crippen molar-refractivity contribution in [3.05, 3.63) is 59.2 Å². The normalized spacial score (nSPS) is 17.1. The molecule has 1 heterocycles. The molecule has 0 spiro atoms. The zero-order valence-electron chi connectivity index (χ0n) is 15.0. The molecule has 2 amide bonds. The predicted molar refractivity (Wildman–Crippen MR) is 99.5 cm³/mol. The molecule has 0 saturated carbocycles. The van der Waals surface area contributed by atoms with E-state index in [-0.39, 0.29) is 12.1 Å². The fourth-order valence-corrected chi connectivity index (χ4v) is 3.30. The van der Waals surface area contributed by atoms with Gasteiger partial charge in [-0.25, -0.2) is 13.6 Å². The first-order valence-corrected chi connectivity index (χ1v) is 8.78. The second-order valence-electron chi connectivity index (χ2n) is 6.76. The Labute approximate surface area is 152 Å². The molecule has 3 rings (SSSR count). The number of para-hydroxylation sites is 1. The number of hydrogen-bond donors (Lipinski definition) is 2. The lowest BCUT2D eigenvalue weighted by atomic mass is 10.1. The maximum atomic E-state index is 13.4. The Kier molecular flexibility index (Phi) is 5.40. The Bertz CT molecular complexity index is 789. The van der Waals surface area contributed by atoms with Gasteiger partial charge in [0.1, 0.15) is 0 Å². The molecule has 2 aromatic carbocycles. The number of nitrogens with zero attached hydrogens (tertiary/aromatic N) is 1. The zero-order valence-corrected chi connectivity index (χ0v) is 15.0. The number of carbonyl (C=O) groups excluding carboxylic acids is 1. The molecule has 0 unspecified atom stereocenters. The SMILES string of the molecule is Cc1cccc(C)c1NC(=O)N1CCC[C@@H](Nc2ccc(F)c(F)c2)C1. The number of anilines is 2. The van der Waals surface area contributed by atoms with Gasteiger partial charge in [0.15, 0.2) is 11.6 Å². The summed E-state index contributed by atoms with van der Waals surface area (Å²) in [6, 6.07) is 9.50. The smallest absolute Gasteiger partial charge is 0.321 e. The number of nitrogens with one attached hydrogen (secondary N) is 2. The molecular weight excluding hydrogens is 336 g/mol. The second kappa shape index (κ2) is 7.72. The van der Waals surface area contributed by atoms with Crippen LogP contribution in [0.2, 0.25) is 0 Å². The minimum Gasteiger partial charge on any atom is -0.380 e. The number of amides is 2. The first kappa shape index (κ1) is 18.2. The van der Waals surface area contributed by atoms with Gasteiger partial charge in [-0.1, -0.05) is 18.2 Å². The summed E-state index contributed by atoms with van der Waals surface area (Å²) < 4.78 is 26.4. The summed E-state index contributed by atoms with van der Waals surface area (Å²) in [5.74, 6) is -1.75. The van der Waals surface area contributed by atoms with Crippen molar-refractivity contribution >= 4 is 17.4 Å². The van der Waals surface area contributed by atoms with Gasteiger partial charge in [0.25, 0.3) is 0 Å². The molecular formula is C20H23F2N3O. The molecule has 4 nitrogen and oxygen atoms in total. The molecule has 2 aromatic rings. The zero-order chi connectivity index (χ0) is 18.7. The van der Waals surface area contributed by atoms with Crippen LogP contribution in [0.3, 0.4) is 0 Å². The summed E-state index contributed by atoms with van der Waals surface area (Å²) in [7, 11) is 0. The van der Waals surface area contributed by atoms with Crippen molar-refractivity contribution in [1.29, 1.82) is 0 Å². The third-order valence-electron chi connectivity index (χ3n) is 4.71. The van der Waals surface area contributed by atoms with Crippen LogP contribution < -0.4 is 10.6 Å². The maximum absolute atomic E-state index is 13.4. The van der Waals surface area contributed by atoms with Gasteiger partial charge in [0, 0.05) is 36.6 Å². The predicted octanol–water partition coefficient (Wildman–Crippen LogP) is 4.69. The van der Waals surface area contributed by atoms with E-state index in [1.165, 1.54) is 6.07 Å². The number of carbonyl (C=O) groups is 1. The fourth-order valence-electron chi connectivity index (χ4n) is 3.30. The topological polar surface area (TPSA) is 44.4 Å². The lowest BCUT2D eigenvalue weighted by Gasteiger charge is -2.34. The highest BCUT2D eigenvalue weighted by molar-refractivity contribution is 5.91. The van der Waals surface area contributed by atoms with Gasteiger partial charge >= 0.3 is 6.03 Å². The Morgan fingerprint density at radius 2 is 1.85 bits per heavy atom. The van der Waals surface area contributed by atoms with Crippen LogP contribution in [-0.2, 0) is 0 Å². The van der Waals surface area contributed by atoms with Gasteiger partial charge in [0.2, 0.25) is 0 Å². The number of piperidine rings is 1. The fraction of sp³-hybridized carbons (Fsp3) is 0.350. The van der Waals surface area contributed by atoms with Gasteiger partial charge in [0.05, 0.1) is 0 Å². The van der Waals surface area contributed by atoms with E-state index < -0.39 is 11.6 Å². The average molecular weight is 359 g/mol. The summed E-state index contributed by atoms with van der Waals surface area (Å²) in [6.07, 6.45) is 1.72. The van der Waals surface area contributed by atoms with Crippen LogP contribution in [0.1, 0.15) is 24.0 Å². The van der Waals surface area contributed by atoms with Crippen molar-refractivity contribution in [3.63, 3.8) is 0 Å². The quantitative estimate of drug-likeness (QED) is 0.835. The third kappa shape index (κ3) is 4.12. The van der Waals surface area contributed by atoms with Crippen LogP contribution in [0.25, 0.3) is 0 Å². The number of benzene rings is 2. The first-order valence-electron chi connectivity index (χ1n) is 8.78. The molecule has 1 fully saturated rings. The van der Waals surface area contributed by atoms with E-state index in [4.69, 9.17) is 0 Å². The van der Waals surface area contributed by atoms with Crippen LogP contribution >= 0.6 is 0 Å². The summed E-state index contributed by atoms with van der Waals surface area (Å²) in [4.78, 5) is 14.4. The monoisotopic (exact) mass is 359 g/mol. The second-order valence-corrected chi connectivity index (χ2v) is 6.76. The van der Waals surface area contributed by atoms with E-state index in [1.807, 2.05) is 32.0 Å². The van der Waals surface area contributed by atoms with Crippen molar-refractivity contribution in [2.24, 2.45) is 0 Å². The number of halogens is 2. The highest BCUT2D eigenvalue weighted by Gasteiger charge is 2.24. The molecule has 1 atom stereocenters. The van der Waals surface area contributed by atoms with Crippen molar-refractivity contribution < 1.29 is 13.6 Å². The first-order chi connectivity index (χ1) is 12.4. The van der Waals surface area contributed by atoms with E-state index >= 15 is 0 Å². The van der Waals surface area contributed by atoms with Crippen LogP contribution in [0.15, 0.2) is 36.4 Å². The number of rotatable bonds is 3. The van der Waals surface area contributed by atoms with E-state index in [1.54, 1.807) is 4.90 Å². The van der Waals surface area contributed by atoms with Gasteiger partial charge in [-0.2, -0.15) is 0 Å². The highest BCUT2D eigenvalue weighted by Crippen LogP contribution is 2.22. The number of urea groups is 1. The third-order valence-corrected chi connectivity index (χ3v) is 4.71. The largest absolute Gasteiger partial charge is 0.380 e. The molecule has 6 heteroatoms. The van der Waals surface area contributed by atoms with Crippen LogP contribution in [0, 0.1) is 25.5 Å². The molecule has 138 valence electrons. The van der Waals surface area contributed by atoms with E-state index in [0.717, 1.165) is 41.8 Å². The molecule has 1 saturated heterocycles. The summed E-state index contributed by atoms with van der Waals surface area (Å²) in [5, 5.41) is 6.19. The number of likely N-dealkylation sites (tertiary alicyclic amines) is 1. The summed E-state index contributed by atoms with van der Waals surface area (Å²) in [6.45, 7) is 5.11. The summed E-state index contributed by atoms with van der Waals surface area (Å²) >= 11 is 0. The van der Waals surface area contributed by atoms with Crippen LogP contribution in [0.5, 0.6) is 0 Å². The van der Waals surface area contributed by atoms with E-state index in [9.17, 15) is 13.6 Å². The number of hydrogen-bond acceptors (Lipinski definition) is 2. The Balaban J connectivity index is 1.64. The maximum Gasteiger partial charge on any atom is 0.321 e.